The third-order valence-electron chi connectivity index (χ3n) is 7.70. The van der Waals surface area contributed by atoms with Crippen molar-refractivity contribution in [3.63, 3.8) is 0 Å². The van der Waals surface area contributed by atoms with Gasteiger partial charge in [0.15, 0.2) is 0 Å². The average molecular weight is 616 g/mol. The van der Waals surface area contributed by atoms with Gasteiger partial charge in [0.2, 0.25) is 10.0 Å². The Balaban J connectivity index is 1.37. The summed E-state index contributed by atoms with van der Waals surface area (Å²) in [6, 6.07) is 35.3. The molecule has 4 aromatic carbocycles. The summed E-state index contributed by atoms with van der Waals surface area (Å²) >= 11 is 0. The highest BCUT2D eigenvalue weighted by Gasteiger charge is 2.33. The maximum absolute atomic E-state index is 14.0. The summed E-state index contributed by atoms with van der Waals surface area (Å²) in [5.74, 6) is -0.276. The fraction of sp³-hybridized carbons (Fsp3) is 0.114. The second-order valence-electron chi connectivity index (χ2n) is 10.6. The highest BCUT2D eigenvalue weighted by Crippen LogP contribution is 2.32. The number of aromatic nitrogens is 2. The van der Waals surface area contributed by atoms with Gasteiger partial charge in [0.05, 0.1) is 35.1 Å². The van der Waals surface area contributed by atoms with Gasteiger partial charge in [0.25, 0.3) is 5.91 Å². The zero-order valence-electron chi connectivity index (χ0n) is 24.2. The first-order valence-electron chi connectivity index (χ1n) is 14.6. The van der Waals surface area contributed by atoms with Gasteiger partial charge in [-0.3, -0.25) is 4.79 Å². The van der Waals surface area contributed by atoms with E-state index in [2.05, 4.69) is 0 Å². The SMILES string of the molecule is O=C1C(=Cc2cn(-c3ccccc3)nc2-c2cccc(S(=O)(=O)N3CCOCC3)c2)C(c2ccccc2)=NN1c1ccccc1. The van der Waals surface area contributed by atoms with E-state index in [1.165, 1.54) is 9.31 Å². The Kier molecular flexibility index (Phi) is 7.68. The molecule has 0 aliphatic carbocycles. The van der Waals surface area contributed by atoms with Crippen LogP contribution in [0.15, 0.2) is 137 Å². The van der Waals surface area contributed by atoms with Crippen molar-refractivity contribution in [3.05, 3.63) is 138 Å². The number of benzene rings is 4. The van der Waals surface area contributed by atoms with Crippen LogP contribution < -0.4 is 5.01 Å². The number of hydrazone groups is 1. The first-order chi connectivity index (χ1) is 22.0. The minimum atomic E-state index is -3.74. The number of sulfonamides is 1. The topological polar surface area (TPSA) is 97.1 Å². The number of hydrogen-bond donors (Lipinski definition) is 0. The van der Waals surface area contributed by atoms with Crippen LogP contribution in [0.4, 0.5) is 5.69 Å². The third kappa shape index (κ3) is 5.62. The standard InChI is InChI=1S/C35H29N5O4S/c41-35-32(34(26-11-4-1-5-12-26)37-40(35)30-16-8-3-9-17-30)24-28-25-39(29-14-6-2-7-15-29)36-33(28)27-13-10-18-31(23-27)45(42,43)38-19-21-44-22-20-38/h1-18,23-25H,19-22H2. The Labute approximate surface area is 261 Å². The van der Waals surface area contributed by atoms with E-state index in [1.54, 1.807) is 29.0 Å². The molecule has 1 saturated heterocycles. The fourth-order valence-electron chi connectivity index (χ4n) is 5.42. The predicted octanol–water partition coefficient (Wildman–Crippen LogP) is 5.39. The number of hydrogen-bond acceptors (Lipinski definition) is 6. The number of para-hydroxylation sites is 2. The van der Waals surface area contributed by atoms with Crippen molar-refractivity contribution in [3.8, 4) is 16.9 Å². The average Bonchev–Trinajstić information content (AvgIpc) is 3.67. The molecule has 0 unspecified atom stereocenters. The molecular formula is C35H29N5O4S. The second-order valence-corrected chi connectivity index (χ2v) is 12.5. The Morgan fingerprint density at radius 2 is 1.36 bits per heavy atom. The molecule has 0 N–H and O–H groups in total. The maximum Gasteiger partial charge on any atom is 0.281 e. The minimum Gasteiger partial charge on any atom is -0.379 e. The quantitative estimate of drug-likeness (QED) is 0.229. The molecule has 5 aromatic rings. The Hall–Kier alpha value is -5.16. The molecule has 3 heterocycles. The second kappa shape index (κ2) is 12.1. The lowest BCUT2D eigenvalue weighted by Gasteiger charge is -2.26. The maximum atomic E-state index is 14.0. The zero-order valence-corrected chi connectivity index (χ0v) is 25.0. The van der Waals surface area contributed by atoms with Crippen molar-refractivity contribution < 1.29 is 17.9 Å². The van der Waals surface area contributed by atoms with Crippen molar-refractivity contribution >= 4 is 33.4 Å². The van der Waals surface area contributed by atoms with Gasteiger partial charge < -0.3 is 4.74 Å². The number of rotatable bonds is 7. The van der Waals surface area contributed by atoms with E-state index in [0.717, 1.165) is 11.3 Å². The van der Waals surface area contributed by atoms with Gasteiger partial charge in [-0.15, -0.1) is 0 Å². The van der Waals surface area contributed by atoms with Crippen molar-refractivity contribution in [1.29, 1.82) is 0 Å². The molecule has 1 fully saturated rings. The van der Waals surface area contributed by atoms with Crippen molar-refractivity contribution in [2.75, 3.05) is 31.3 Å². The monoisotopic (exact) mass is 615 g/mol. The van der Waals surface area contributed by atoms with Crippen LogP contribution in [-0.4, -0.2) is 60.4 Å². The number of amides is 1. The normalized spacial score (nSPS) is 16.7. The summed E-state index contributed by atoms with van der Waals surface area (Å²) < 4.78 is 35.6. The molecule has 1 amide bonds. The van der Waals surface area contributed by atoms with Crippen LogP contribution in [-0.2, 0) is 19.6 Å². The predicted molar refractivity (Wildman–Crippen MR) is 173 cm³/mol. The van der Waals surface area contributed by atoms with Crippen LogP contribution in [0.25, 0.3) is 23.0 Å². The van der Waals surface area contributed by atoms with Crippen LogP contribution >= 0.6 is 0 Å². The Morgan fingerprint density at radius 3 is 2.04 bits per heavy atom. The smallest absolute Gasteiger partial charge is 0.281 e. The van der Waals surface area contributed by atoms with E-state index < -0.39 is 10.0 Å². The van der Waals surface area contributed by atoms with Crippen LogP contribution in [0, 0.1) is 0 Å². The molecular weight excluding hydrogens is 586 g/mol. The van der Waals surface area contributed by atoms with Crippen LogP contribution in [0.3, 0.4) is 0 Å². The van der Waals surface area contributed by atoms with Crippen molar-refractivity contribution in [2.45, 2.75) is 4.90 Å². The first kappa shape index (κ1) is 28.6. The Bertz CT molecular complexity index is 2020. The van der Waals surface area contributed by atoms with Crippen molar-refractivity contribution in [2.24, 2.45) is 5.10 Å². The van der Waals surface area contributed by atoms with Gasteiger partial charge in [0, 0.05) is 36.0 Å². The highest BCUT2D eigenvalue weighted by molar-refractivity contribution is 7.89. The molecule has 0 atom stereocenters. The van der Waals surface area contributed by atoms with Gasteiger partial charge in [-0.05, 0) is 42.5 Å². The lowest BCUT2D eigenvalue weighted by atomic mass is 9.99. The summed E-state index contributed by atoms with van der Waals surface area (Å²) in [6.07, 6.45) is 3.64. The lowest BCUT2D eigenvalue weighted by Crippen LogP contribution is -2.40. The molecule has 0 radical (unpaired) electrons. The molecule has 10 heteroatoms. The van der Waals surface area contributed by atoms with Gasteiger partial charge in [-0.2, -0.15) is 19.5 Å². The molecule has 0 saturated carbocycles. The van der Waals surface area contributed by atoms with E-state index in [4.69, 9.17) is 14.9 Å². The number of carbonyl (C=O) groups is 1. The molecule has 2 aliphatic rings. The fourth-order valence-corrected chi connectivity index (χ4v) is 6.88. The summed E-state index contributed by atoms with van der Waals surface area (Å²) in [6.45, 7) is 1.32. The number of carbonyl (C=O) groups excluding carboxylic acids is 1. The molecule has 0 bridgehead atoms. The van der Waals surface area contributed by atoms with E-state index >= 15 is 0 Å². The summed E-state index contributed by atoms with van der Waals surface area (Å²) in [5, 5.41) is 11.1. The van der Waals surface area contributed by atoms with Gasteiger partial charge >= 0.3 is 0 Å². The largest absolute Gasteiger partial charge is 0.379 e. The molecule has 0 spiro atoms. The third-order valence-corrected chi connectivity index (χ3v) is 9.60. The van der Waals surface area contributed by atoms with Gasteiger partial charge in [-0.25, -0.2) is 13.1 Å². The summed E-state index contributed by atoms with van der Waals surface area (Å²) in [5.41, 5.74) is 4.98. The number of morpholine rings is 1. The van der Waals surface area contributed by atoms with E-state index in [0.29, 0.717) is 60.1 Å². The van der Waals surface area contributed by atoms with Crippen molar-refractivity contribution in [1.82, 2.24) is 14.1 Å². The van der Waals surface area contributed by atoms with Gasteiger partial charge in [0.1, 0.15) is 11.4 Å². The molecule has 1 aromatic heterocycles. The van der Waals surface area contributed by atoms with Crippen LogP contribution in [0.2, 0.25) is 0 Å². The van der Waals surface area contributed by atoms with E-state index in [-0.39, 0.29) is 10.8 Å². The van der Waals surface area contributed by atoms with E-state index in [9.17, 15) is 13.2 Å². The zero-order chi connectivity index (χ0) is 30.8. The molecule has 45 heavy (non-hydrogen) atoms. The van der Waals surface area contributed by atoms with Gasteiger partial charge in [-0.1, -0.05) is 78.9 Å². The number of anilines is 1. The summed E-state index contributed by atoms with van der Waals surface area (Å²) in [4.78, 5) is 14.2. The van der Waals surface area contributed by atoms with Crippen LogP contribution in [0.1, 0.15) is 11.1 Å². The first-order valence-corrected chi connectivity index (χ1v) is 16.0. The number of nitrogens with zero attached hydrogens (tertiary/aromatic N) is 5. The molecule has 224 valence electrons. The lowest BCUT2D eigenvalue weighted by molar-refractivity contribution is -0.114. The summed E-state index contributed by atoms with van der Waals surface area (Å²) in [7, 11) is -3.74. The minimum absolute atomic E-state index is 0.175. The Morgan fingerprint density at radius 1 is 0.733 bits per heavy atom. The van der Waals surface area contributed by atoms with Crippen LogP contribution in [0.5, 0.6) is 0 Å². The molecule has 9 nitrogen and oxygen atoms in total. The number of ether oxygens (including phenoxy) is 1. The molecule has 2 aliphatic heterocycles. The highest BCUT2D eigenvalue weighted by atomic mass is 32.2. The van der Waals surface area contributed by atoms with E-state index in [1.807, 2.05) is 103 Å². The molecule has 7 rings (SSSR count).